The van der Waals surface area contributed by atoms with Gasteiger partial charge >= 0.3 is 0 Å². The third-order valence-electron chi connectivity index (χ3n) is 4.36. The highest BCUT2D eigenvalue weighted by Gasteiger charge is 2.21. The van der Waals surface area contributed by atoms with Crippen LogP contribution in [0.5, 0.6) is 0 Å². The van der Waals surface area contributed by atoms with Gasteiger partial charge in [0.25, 0.3) is 5.91 Å². The summed E-state index contributed by atoms with van der Waals surface area (Å²) < 4.78 is 14.3. The second-order valence-corrected chi connectivity index (χ2v) is 6.45. The average molecular weight is 393 g/mol. The number of hydrogen-bond acceptors (Lipinski definition) is 7. The Morgan fingerprint density at radius 2 is 2.17 bits per heavy atom. The number of aromatic nitrogens is 3. The lowest BCUT2D eigenvalue weighted by molar-refractivity contribution is 0.0952. The Morgan fingerprint density at radius 3 is 2.90 bits per heavy atom. The molecule has 2 aromatic heterocycles. The Balaban J connectivity index is 2.08. The van der Waals surface area contributed by atoms with Gasteiger partial charge in [-0.05, 0) is 25.5 Å². The standard InChI is InChI=1S/C20H20FN7O/c1-3-7-24-20(29)13-8-12-5-4-6-15(21)17(12)28-16(13)11(2)27-19-14(9-22)18(23)25-10-26-19/h4-6,8,10-11H,3,7H2,1-2H3,(H,24,29)(H3,23,25,26,27)/t11-/m0/s1. The van der Waals surface area contributed by atoms with Crippen LogP contribution < -0.4 is 16.4 Å². The number of fused-ring (bicyclic) bond motifs is 1. The molecule has 9 heteroatoms. The molecule has 1 aromatic carbocycles. The molecule has 2 heterocycles. The van der Waals surface area contributed by atoms with E-state index in [1.807, 2.05) is 13.0 Å². The van der Waals surface area contributed by atoms with E-state index in [0.29, 0.717) is 23.2 Å². The van der Waals surface area contributed by atoms with E-state index in [9.17, 15) is 14.4 Å². The second kappa shape index (κ2) is 8.48. The number of halogens is 1. The van der Waals surface area contributed by atoms with Gasteiger partial charge in [0.2, 0.25) is 0 Å². The fourth-order valence-corrected chi connectivity index (χ4v) is 2.91. The molecule has 29 heavy (non-hydrogen) atoms. The van der Waals surface area contributed by atoms with Gasteiger partial charge in [-0.15, -0.1) is 0 Å². The van der Waals surface area contributed by atoms with Gasteiger partial charge in [0.15, 0.2) is 0 Å². The Kier molecular flexibility index (Phi) is 5.83. The molecule has 0 bridgehead atoms. The van der Waals surface area contributed by atoms with E-state index in [1.54, 1.807) is 25.1 Å². The van der Waals surface area contributed by atoms with Crippen molar-refractivity contribution < 1.29 is 9.18 Å². The summed E-state index contributed by atoms with van der Waals surface area (Å²) in [7, 11) is 0. The number of carbonyl (C=O) groups excluding carboxylic acids is 1. The van der Waals surface area contributed by atoms with Gasteiger partial charge in [-0.3, -0.25) is 4.79 Å². The fourth-order valence-electron chi connectivity index (χ4n) is 2.91. The van der Waals surface area contributed by atoms with Crippen molar-refractivity contribution in [3.63, 3.8) is 0 Å². The lowest BCUT2D eigenvalue weighted by Crippen LogP contribution is -2.27. The summed E-state index contributed by atoms with van der Waals surface area (Å²) >= 11 is 0. The minimum Gasteiger partial charge on any atom is -0.382 e. The van der Waals surface area contributed by atoms with E-state index in [-0.39, 0.29) is 28.6 Å². The predicted molar refractivity (Wildman–Crippen MR) is 108 cm³/mol. The number of pyridine rings is 1. The van der Waals surface area contributed by atoms with Crippen molar-refractivity contribution >= 4 is 28.4 Å². The summed E-state index contributed by atoms with van der Waals surface area (Å²) in [6.07, 6.45) is 2.00. The van der Waals surface area contributed by atoms with E-state index in [1.165, 1.54) is 12.4 Å². The third-order valence-corrected chi connectivity index (χ3v) is 4.36. The first kappa shape index (κ1) is 19.9. The largest absolute Gasteiger partial charge is 0.382 e. The van der Waals surface area contributed by atoms with Gasteiger partial charge < -0.3 is 16.4 Å². The van der Waals surface area contributed by atoms with Crippen LogP contribution in [0.25, 0.3) is 10.9 Å². The molecule has 0 spiro atoms. The molecule has 0 radical (unpaired) electrons. The lowest BCUT2D eigenvalue weighted by Gasteiger charge is -2.19. The van der Waals surface area contributed by atoms with Gasteiger partial charge in [0.05, 0.1) is 17.3 Å². The molecule has 0 aliphatic heterocycles. The number of rotatable bonds is 6. The topological polar surface area (TPSA) is 130 Å². The number of nitrogens with one attached hydrogen (secondary N) is 2. The van der Waals surface area contributed by atoms with Gasteiger partial charge in [-0.2, -0.15) is 5.26 Å². The average Bonchev–Trinajstić information content (AvgIpc) is 2.71. The minimum atomic E-state index is -0.567. The molecule has 3 aromatic rings. The van der Waals surface area contributed by atoms with Crippen molar-refractivity contribution in [3.8, 4) is 6.07 Å². The molecule has 1 amide bonds. The highest BCUT2D eigenvalue weighted by atomic mass is 19.1. The number of benzene rings is 1. The molecular weight excluding hydrogens is 373 g/mol. The Bertz CT molecular complexity index is 1110. The van der Waals surface area contributed by atoms with Crippen LogP contribution in [-0.4, -0.2) is 27.4 Å². The van der Waals surface area contributed by atoms with Crippen LogP contribution in [-0.2, 0) is 0 Å². The number of amides is 1. The Labute approximate surface area is 167 Å². The molecular formula is C20H20FN7O. The van der Waals surface area contributed by atoms with Crippen LogP contribution in [0.2, 0.25) is 0 Å². The SMILES string of the molecule is CCCNC(=O)c1cc2cccc(F)c2nc1[C@H](C)Nc1ncnc(N)c1C#N. The molecule has 3 rings (SSSR count). The number of nitrogens with zero attached hydrogens (tertiary/aromatic N) is 4. The molecule has 0 saturated heterocycles. The van der Waals surface area contributed by atoms with Gasteiger partial charge in [-0.25, -0.2) is 19.3 Å². The summed E-state index contributed by atoms with van der Waals surface area (Å²) in [4.78, 5) is 25.0. The number of nitrogens with two attached hydrogens (primary N) is 1. The molecule has 0 unspecified atom stereocenters. The number of nitrogen functional groups attached to an aromatic ring is 1. The van der Waals surface area contributed by atoms with Crippen molar-refractivity contribution in [2.24, 2.45) is 0 Å². The van der Waals surface area contributed by atoms with E-state index >= 15 is 0 Å². The molecule has 1 atom stereocenters. The quantitative estimate of drug-likeness (QED) is 0.587. The first-order valence-electron chi connectivity index (χ1n) is 9.10. The minimum absolute atomic E-state index is 0.0376. The molecule has 4 N–H and O–H groups in total. The van der Waals surface area contributed by atoms with Crippen LogP contribution in [0, 0.1) is 17.1 Å². The fraction of sp³-hybridized carbons (Fsp3) is 0.250. The number of anilines is 2. The summed E-state index contributed by atoms with van der Waals surface area (Å²) in [5, 5.41) is 15.7. The number of nitriles is 1. The summed E-state index contributed by atoms with van der Waals surface area (Å²) in [6.45, 7) is 4.19. The number of carbonyl (C=O) groups is 1. The van der Waals surface area contributed by atoms with Crippen molar-refractivity contribution in [1.82, 2.24) is 20.3 Å². The molecule has 0 fully saturated rings. The first-order chi connectivity index (χ1) is 14.0. The molecule has 148 valence electrons. The van der Waals surface area contributed by atoms with Gasteiger partial charge in [0, 0.05) is 11.9 Å². The predicted octanol–water partition coefficient (Wildman–Crippen LogP) is 2.93. The Hall–Kier alpha value is -3.80. The van der Waals surface area contributed by atoms with Crippen LogP contribution in [0.15, 0.2) is 30.6 Å². The van der Waals surface area contributed by atoms with E-state index in [2.05, 4.69) is 25.6 Å². The zero-order valence-corrected chi connectivity index (χ0v) is 16.0. The van der Waals surface area contributed by atoms with Crippen molar-refractivity contribution in [2.75, 3.05) is 17.6 Å². The zero-order chi connectivity index (χ0) is 21.0. The van der Waals surface area contributed by atoms with Crippen molar-refractivity contribution in [3.05, 3.63) is 53.2 Å². The normalized spacial score (nSPS) is 11.7. The maximum absolute atomic E-state index is 14.3. The van der Waals surface area contributed by atoms with E-state index < -0.39 is 11.9 Å². The van der Waals surface area contributed by atoms with Gasteiger partial charge in [0.1, 0.15) is 40.9 Å². The van der Waals surface area contributed by atoms with E-state index in [0.717, 1.165) is 6.42 Å². The van der Waals surface area contributed by atoms with Crippen molar-refractivity contribution in [2.45, 2.75) is 26.3 Å². The number of hydrogen-bond donors (Lipinski definition) is 3. The van der Waals surface area contributed by atoms with E-state index in [4.69, 9.17) is 5.73 Å². The van der Waals surface area contributed by atoms with Crippen molar-refractivity contribution in [1.29, 1.82) is 5.26 Å². The summed E-state index contributed by atoms with van der Waals surface area (Å²) in [5.41, 5.74) is 6.62. The molecule has 0 aliphatic rings. The maximum Gasteiger partial charge on any atom is 0.253 e. The number of para-hydroxylation sites is 1. The lowest BCUT2D eigenvalue weighted by atomic mass is 10.0. The summed E-state index contributed by atoms with van der Waals surface area (Å²) in [6, 6.07) is 7.58. The maximum atomic E-state index is 14.3. The monoisotopic (exact) mass is 393 g/mol. The highest BCUT2D eigenvalue weighted by Crippen LogP contribution is 2.27. The van der Waals surface area contributed by atoms with Gasteiger partial charge in [-0.1, -0.05) is 19.1 Å². The zero-order valence-electron chi connectivity index (χ0n) is 16.0. The first-order valence-corrected chi connectivity index (χ1v) is 9.10. The summed E-state index contributed by atoms with van der Waals surface area (Å²) in [5.74, 6) is -0.546. The van der Waals surface area contributed by atoms with Crippen LogP contribution >= 0.6 is 0 Å². The Morgan fingerprint density at radius 1 is 1.38 bits per heavy atom. The highest BCUT2D eigenvalue weighted by molar-refractivity contribution is 5.99. The second-order valence-electron chi connectivity index (χ2n) is 6.45. The molecule has 0 saturated carbocycles. The molecule has 0 aliphatic carbocycles. The van der Waals surface area contributed by atoms with Crippen LogP contribution in [0.4, 0.5) is 16.0 Å². The van der Waals surface area contributed by atoms with Crippen LogP contribution in [0.3, 0.4) is 0 Å². The smallest absolute Gasteiger partial charge is 0.253 e. The third kappa shape index (κ3) is 4.06. The van der Waals surface area contributed by atoms with Crippen LogP contribution in [0.1, 0.15) is 47.9 Å². The molecule has 8 nitrogen and oxygen atoms in total.